The van der Waals surface area contributed by atoms with Crippen LogP contribution in [0, 0.1) is 6.92 Å². The monoisotopic (exact) mass is 274 g/mol. The number of halogens is 2. The van der Waals surface area contributed by atoms with Gasteiger partial charge in [0.15, 0.2) is 0 Å². The number of ether oxygens (including phenoxy) is 1. The molecule has 5 nitrogen and oxygen atoms in total. The first-order chi connectivity index (χ1) is 8.93. The molecule has 0 aliphatic heterocycles. The van der Waals surface area contributed by atoms with Gasteiger partial charge < -0.3 is 20.5 Å². The largest absolute Gasteiger partial charge is 0.433 e. The first-order valence-corrected chi connectivity index (χ1v) is 5.66. The smallest absolute Gasteiger partial charge is 0.387 e. The molecule has 0 aliphatic rings. The predicted molar refractivity (Wildman–Crippen MR) is 66.5 cm³/mol. The van der Waals surface area contributed by atoms with Crippen LogP contribution in [-0.2, 0) is 0 Å². The Morgan fingerprint density at radius 3 is 2.74 bits per heavy atom. The van der Waals surface area contributed by atoms with Gasteiger partial charge in [0.25, 0.3) is 0 Å². The number of carbonyl (C=O) groups excluding carboxylic acids is 1. The van der Waals surface area contributed by atoms with E-state index in [1.54, 1.807) is 26.0 Å². The number of aliphatic hydroxyl groups excluding tert-OH is 1. The Labute approximate surface area is 109 Å². The molecule has 1 aromatic rings. The van der Waals surface area contributed by atoms with Gasteiger partial charge in [0.05, 0.1) is 18.3 Å². The number of nitrogens with one attached hydrogen (secondary N) is 2. The van der Waals surface area contributed by atoms with Crippen molar-refractivity contribution in [2.45, 2.75) is 26.5 Å². The molecular weight excluding hydrogens is 258 g/mol. The van der Waals surface area contributed by atoms with Gasteiger partial charge in [0.2, 0.25) is 0 Å². The molecule has 3 N–H and O–H groups in total. The SMILES string of the molecule is Cc1cccc(OC(F)F)c1NC(=O)NC(C)CO. The second-order valence-corrected chi connectivity index (χ2v) is 4.01. The summed E-state index contributed by atoms with van der Waals surface area (Å²) in [5.41, 5.74) is 0.760. The van der Waals surface area contributed by atoms with Crippen LogP contribution in [0.5, 0.6) is 5.75 Å². The molecule has 1 unspecified atom stereocenters. The van der Waals surface area contributed by atoms with E-state index in [0.29, 0.717) is 5.56 Å². The molecule has 7 heteroatoms. The lowest BCUT2D eigenvalue weighted by molar-refractivity contribution is -0.0493. The molecule has 1 atom stereocenters. The molecule has 0 spiro atoms. The number of rotatable bonds is 5. The topological polar surface area (TPSA) is 70.6 Å². The van der Waals surface area contributed by atoms with Crippen LogP contribution in [0.2, 0.25) is 0 Å². The zero-order chi connectivity index (χ0) is 14.4. The van der Waals surface area contributed by atoms with Gasteiger partial charge in [0.1, 0.15) is 5.75 Å². The zero-order valence-electron chi connectivity index (χ0n) is 10.6. The number of anilines is 1. The third-order valence-electron chi connectivity index (χ3n) is 2.34. The number of para-hydroxylation sites is 1. The number of hydrogen-bond donors (Lipinski definition) is 3. The molecule has 0 bridgehead atoms. The summed E-state index contributed by atoms with van der Waals surface area (Å²) in [5.74, 6) is -0.109. The number of aliphatic hydroxyl groups is 1. The molecule has 0 radical (unpaired) electrons. The van der Waals surface area contributed by atoms with Crippen LogP contribution in [-0.4, -0.2) is 30.4 Å². The van der Waals surface area contributed by atoms with Crippen molar-refractivity contribution in [2.75, 3.05) is 11.9 Å². The maximum Gasteiger partial charge on any atom is 0.387 e. The summed E-state index contributed by atoms with van der Waals surface area (Å²) in [4.78, 5) is 11.6. The Morgan fingerprint density at radius 1 is 1.47 bits per heavy atom. The lowest BCUT2D eigenvalue weighted by Gasteiger charge is -2.16. The van der Waals surface area contributed by atoms with Crippen LogP contribution >= 0.6 is 0 Å². The van der Waals surface area contributed by atoms with Crippen molar-refractivity contribution in [1.82, 2.24) is 5.32 Å². The molecule has 1 rings (SSSR count). The Morgan fingerprint density at radius 2 is 2.16 bits per heavy atom. The summed E-state index contributed by atoms with van der Waals surface area (Å²) in [6.07, 6.45) is 0. The van der Waals surface area contributed by atoms with E-state index in [1.165, 1.54) is 6.07 Å². The Bertz CT molecular complexity index is 441. The quantitative estimate of drug-likeness (QED) is 0.770. The average Bonchev–Trinajstić information content (AvgIpc) is 2.32. The van der Waals surface area contributed by atoms with Gasteiger partial charge in [-0.1, -0.05) is 12.1 Å². The minimum atomic E-state index is -2.97. The van der Waals surface area contributed by atoms with Gasteiger partial charge in [-0.3, -0.25) is 0 Å². The molecule has 0 aromatic heterocycles. The number of aryl methyl sites for hydroxylation is 1. The zero-order valence-corrected chi connectivity index (χ0v) is 10.6. The molecule has 0 aliphatic carbocycles. The minimum Gasteiger partial charge on any atom is -0.433 e. The second-order valence-electron chi connectivity index (χ2n) is 4.01. The number of carbonyl (C=O) groups is 1. The third kappa shape index (κ3) is 4.70. The summed E-state index contributed by atoms with van der Waals surface area (Å²) >= 11 is 0. The summed E-state index contributed by atoms with van der Waals surface area (Å²) in [6, 6.07) is 3.50. The van der Waals surface area contributed by atoms with Gasteiger partial charge in [0, 0.05) is 0 Å². The van der Waals surface area contributed by atoms with E-state index in [4.69, 9.17) is 5.11 Å². The molecule has 2 amide bonds. The fraction of sp³-hybridized carbons (Fsp3) is 0.417. The number of urea groups is 1. The van der Waals surface area contributed by atoms with Crippen molar-refractivity contribution >= 4 is 11.7 Å². The van der Waals surface area contributed by atoms with Crippen LogP contribution in [0.3, 0.4) is 0 Å². The van der Waals surface area contributed by atoms with E-state index in [-0.39, 0.29) is 18.0 Å². The van der Waals surface area contributed by atoms with E-state index >= 15 is 0 Å². The second kappa shape index (κ2) is 6.89. The van der Waals surface area contributed by atoms with E-state index in [2.05, 4.69) is 15.4 Å². The van der Waals surface area contributed by atoms with Crippen LogP contribution in [0.4, 0.5) is 19.3 Å². The summed E-state index contributed by atoms with van der Waals surface area (Å²) in [7, 11) is 0. The number of benzene rings is 1. The van der Waals surface area contributed by atoms with Crippen molar-refractivity contribution in [3.63, 3.8) is 0 Å². The van der Waals surface area contributed by atoms with Gasteiger partial charge in [-0.2, -0.15) is 8.78 Å². The van der Waals surface area contributed by atoms with Crippen molar-refractivity contribution < 1.29 is 23.4 Å². The van der Waals surface area contributed by atoms with Crippen LogP contribution in [0.25, 0.3) is 0 Å². The van der Waals surface area contributed by atoms with Crippen LogP contribution < -0.4 is 15.4 Å². The lowest BCUT2D eigenvalue weighted by Crippen LogP contribution is -2.38. The summed E-state index contributed by atoms with van der Waals surface area (Å²) in [5, 5.41) is 13.7. The number of alkyl halides is 2. The summed E-state index contributed by atoms with van der Waals surface area (Å²) < 4.78 is 28.8. The number of amides is 2. The van der Waals surface area contributed by atoms with Crippen molar-refractivity contribution in [1.29, 1.82) is 0 Å². The highest BCUT2D eigenvalue weighted by Gasteiger charge is 2.14. The van der Waals surface area contributed by atoms with E-state index in [1.807, 2.05) is 0 Å². The van der Waals surface area contributed by atoms with Crippen molar-refractivity contribution in [3.05, 3.63) is 23.8 Å². The standard InChI is InChI=1S/C12H16F2N2O3/c1-7-4-3-5-9(19-11(13)14)10(7)16-12(18)15-8(2)6-17/h3-5,8,11,17H,6H2,1-2H3,(H2,15,16,18). The average molecular weight is 274 g/mol. The minimum absolute atomic E-state index is 0.109. The Kier molecular flexibility index (Phi) is 5.50. The van der Waals surface area contributed by atoms with Gasteiger partial charge in [-0.25, -0.2) is 4.79 Å². The molecule has 0 saturated heterocycles. The van der Waals surface area contributed by atoms with E-state index in [9.17, 15) is 13.6 Å². The van der Waals surface area contributed by atoms with Gasteiger partial charge >= 0.3 is 12.6 Å². The van der Waals surface area contributed by atoms with Crippen LogP contribution in [0.1, 0.15) is 12.5 Å². The molecule has 19 heavy (non-hydrogen) atoms. The highest BCUT2D eigenvalue weighted by atomic mass is 19.3. The summed E-state index contributed by atoms with van der Waals surface area (Å²) in [6.45, 7) is 0.0701. The molecule has 1 aromatic carbocycles. The molecule has 106 valence electrons. The van der Waals surface area contributed by atoms with E-state index < -0.39 is 18.7 Å². The first kappa shape index (κ1) is 15.2. The Balaban J connectivity index is 2.84. The Hall–Kier alpha value is -1.89. The fourth-order valence-electron chi connectivity index (χ4n) is 1.41. The van der Waals surface area contributed by atoms with Crippen LogP contribution in [0.15, 0.2) is 18.2 Å². The van der Waals surface area contributed by atoms with Gasteiger partial charge in [-0.05, 0) is 25.5 Å². The fourth-order valence-corrected chi connectivity index (χ4v) is 1.41. The predicted octanol–water partition coefficient (Wildman–Crippen LogP) is 2.10. The van der Waals surface area contributed by atoms with E-state index in [0.717, 1.165) is 0 Å². The molecule has 0 saturated carbocycles. The lowest BCUT2D eigenvalue weighted by atomic mass is 10.2. The maximum atomic E-state index is 12.3. The van der Waals surface area contributed by atoms with Crippen molar-refractivity contribution in [3.8, 4) is 5.75 Å². The highest BCUT2D eigenvalue weighted by molar-refractivity contribution is 5.92. The maximum absolute atomic E-state index is 12.3. The van der Waals surface area contributed by atoms with Crippen molar-refractivity contribution in [2.24, 2.45) is 0 Å². The molecule has 0 fully saturated rings. The normalized spacial score (nSPS) is 12.1. The third-order valence-corrected chi connectivity index (χ3v) is 2.34. The first-order valence-electron chi connectivity index (χ1n) is 5.66. The van der Waals surface area contributed by atoms with Gasteiger partial charge in [-0.15, -0.1) is 0 Å². The molecular formula is C12H16F2N2O3. The molecule has 0 heterocycles. The number of hydrogen-bond acceptors (Lipinski definition) is 3. The highest BCUT2D eigenvalue weighted by Crippen LogP contribution is 2.29.